The lowest BCUT2D eigenvalue weighted by Gasteiger charge is -2.19. The van der Waals surface area contributed by atoms with Crippen LogP contribution in [0.2, 0.25) is 0 Å². The van der Waals surface area contributed by atoms with Crippen LogP contribution in [0.4, 0.5) is 4.79 Å². The molecule has 0 N–H and O–H groups in total. The fourth-order valence-electron chi connectivity index (χ4n) is 1.76. The monoisotopic (exact) mass is 326 g/mol. The van der Waals surface area contributed by atoms with Crippen LogP contribution in [-0.4, -0.2) is 23.4 Å². The molecule has 0 amide bonds. The number of hydrogen-bond donors (Lipinski definition) is 0. The minimum atomic E-state index is -0.521. The predicted octanol–water partition coefficient (Wildman–Crippen LogP) is 4.20. The number of fused-ring (bicyclic) bond motifs is 1. The van der Waals surface area contributed by atoms with Gasteiger partial charge in [0.15, 0.2) is 0 Å². The summed E-state index contributed by atoms with van der Waals surface area (Å²) >= 11 is 3.44. The normalized spacial score (nSPS) is 11.6. The van der Waals surface area contributed by atoms with E-state index in [0.29, 0.717) is 0 Å². The first-order valence-corrected chi connectivity index (χ1v) is 6.69. The molecule has 0 atom stereocenters. The molecule has 102 valence electrons. The van der Waals surface area contributed by atoms with E-state index in [1.165, 1.54) is 4.57 Å². The Bertz CT molecular complexity index is 625. The second-order valence-corrected chi connectivity index (χ2v) is 6.06. The number of benzene rings is 1. The molecule has 0 unspecified atom stereocenters. The number of methoxy groups -OCH3 is 1. The third kappa shape index (κ3) is 2.92. The van der Waals surface area contributed by atoms with Gasteiger partial charge in [-0.2, -0.15) is 0 Å². The highest BCUT2D eigenvalue weighted by Gasteiger charge is 2.20. The number of rotatable bonds is 1. The van der Waals surface area contributed by atoms with Gasteiger partial charge in [-0.3, -0.25) is 4.57 Å². The Hall–Kier alpha value is -1.49. The zero-order chi connectivity index (χ0) is 14.2. The molecule has 1 heterocycles. The summed E-state index contributed by atoms with van der Waals surface area (Å²) in [5.41, 5.74) is 0.258. The quantitative estimate of drug-likeness (QED) is 0.737. The lowest BCUT2D eigenvalue weighted by Crippen LogP contribution is -2.26. The van der Waals surface area contributed by atoms with Crippen molar-refractivity contribution in [2.45, 2.75) is 26.4 Å². The summed E-state index contributed by atoms with van der Waals surface area (Å²) in [7, 11) is 1.61. The summed E-state index contributed by atoms with van der Waals surface area (Å²) < 4.78 is 12.9. The van der Waals surface area contributed by atoms with Crippen LogP contribution in [0, 0.1) is 0 Å². The second kappa shape index (κ2) is 4.89. The third-order valence-electron chi connectivity index (χ3n) is 2.55. The summed E-state index contributed by atoms with van der Waals surface area (Å²) in [4.78, 5) is 12.1. The number of nitrogens with zero attached hydrogens (tertiary/aromatic N) is 1. The number of carbonyl (C=O) groups excluding carboxylic acids is 1. The molecule has 5 heteroatoms. The molecule has 2 aromatic rings. The van der Waals surface area contributed by atoms with Crippen LogP contribution in [0.25, 0.3) is 10.9 Å². The van der Waals surface area contributed by atoms with Crippen molar-refractivity contribution in [2.24, 2.45) is 0 Å². The summed E-state index contributed by atoms with van der Waals surface area (Å²) in [6.07, 6.45) is 1.31. The van der Waals surface area contributed by atoms with Crippen molar-refractivity contribution in [1.29, 1.82) is 0 Å². The highest BCUT2D eigenvalue weighted by Crippen LogP contribution is 2.30. The number of hydrogen-bond acceptors (Lipinski definition) is 3. The van der Waals surface area contributed by atoms with Crippen LogP contribution in [0.1, 0.15) is 20.8 Å². The number of halogens is 1. The molecule has 4 nitrogen and oxygen atoms in total. The van der Waals surface area contributed by atoms with Crippen molar-refractivity contribution in [3.63, 3.8) is 0 Å². The van der Waals surface area contributed by atoms with Gasteiger partial charge in [-0.25, -0.2) is 4.79 Å². The van der Waals surface area contributed by atoms with Gasteiger partial charge < -0.3 is 9.47 Å². The molecule has 1 aromatic heterocycles. The SMILES string of the molecule is CC(C)(C)OC(=O)n1cc(Br)c2cc(O[13CH3])ccc21. The molecule has 1 aromatic carbocycles. The molecule has 0 spiro atoms. The van der Waals surface area contributed by atoms with E-state index in [0.717, 1.165) is 21.1 Å². The van der Waals surface area contributed by atoms with E-state index in [1.54, 1.807) is 13.3 Å². The van der Waals surface area contributed by atoms with Crippen molar-refractivity contribution in [1.82, 2.24) is 4.57 Å². The molecule has 0 fully saturated rings. The smallest absolute Gasteiger partial charge is 0.419 e. The first kappa shape index (κ1) is 13.9. The average molecular weight is 327 g/mol. The lowest BCUT2D eigenvalue weighted by molar-refractivity contribution is 0.0544. The average Bonchev–Trinajstić information content (AvgIpc) is 2.64. The van der Waals surface area contributed by atoms with Gasteiger partial charge in [-0.05, 0) is 54.9 Å². The second-order valence-electron chi connectivity index (χ2n) is 5.21. The van der Waals surface area contributed by atoms with Crippen LogP contribution >= 0.6 is 15.9 Å². The molecule has 2 rings (SSSR count). The van der Waals surface area contributed by atoms with E-state index >= 15 is 0 Å². The maximum Gasteiger partial charge on any atom is 0.419 e. The van der Waals surface area contributed by atoms with Crippen molar-refractivity contribution in [2.75, 3.05) is 7.11 Å². The molecule has 19 heavy (non-hydrogen) atoms. The summed E-state index contributed by atoms with van der Waals surface area (Å²) in [5.74, 6) is 0.745. The fraction of sp³-hybridized carbons (Fsp3) is 0.357. The Morgan fingerprint density at radius 1 is 1.32 bits per heavy atom. The van der Waals surface area contributed by atoms with Crippen LogP contribution in [0.3, 0.4) is 0 Å². The summed E-state index contributed by atoms with van der Waals surface area (Å²) in [6, 6.07) is 5.53. The number of carbonyl (C=O) groups is 1. The molecule has 0 saturated heterocycles. The van der Waals surface area contributed by atoms with Gasteiger partial charge in [0.2, 0.25) is 0 Å². The van der Waals surface area contributed by atoms with Crippen molar-refractivity contribution in [3.05, 3.63) is 28.9 Å². The molecule has 0 aliphatic rings. The van der Waals surface area contributed by atoms with E-state index in [4.69, 9.17) is 9.47 Å². The van der Waals surface area contributed by atoms with Gasteiger partial charge in [-0.1, -0.05) is 0 Å². The van der Waals surface area contributed by atoms with E-state index in [1.807, 2.05) is 39.0 Å². The molecule has 0 aliphatic carbocycles. The fourth-order valence-corrected chi connectivity index (χ4v) is 2.28. The number of aromatic nitrogens is 1. The minimum absolute atomic E-state index is 0.395. The zero-order valence-corrected chi connectivity index (χ0v) is 12.9. The van der Waals surface area contributed by atoms with Crippen LogP contribution < -0.4 is 4.74 Å². The van der Waals surface area contributed by atoms with Gasteiger partial charge in [0.05, 0.1) is 12.6 Å². The number of ether oxygens (including phenoxy) is 2. The van der Waals surface area contributed by atoms with Crippen LogP contribution in [0.15, 0.2) is 28.9 Å². The first-order valence-electron chi connectivity index (χ1n) is 5.90. The maximum atomic E-state index is 12.1. The molecular weight excluding hydrogens is 311 g/mol. The molecule has 0 radical (unpaired) electrons. The van der Waals surface area contributed by atoms with Gasteiger partial charge in [0, 0.05) is 16.1 Å². The standard InChI is InChI=1S/C14H16BrNO3/c1-14(2,3)19-13(17)16-8-11(15)10-7-9(18-4)5-6-12(10)16/h5-8H,1-4H3/i4+1. The highest BCUT2D eigenvalue weighted by molar-refractivity contribution is 9.10. The summed E-state index contributed by atoms with van der Waals surface area (Å²) in [5, 5.41) is 0.908. The molecule has 0 bridgehead atoms. The predicted molar refractivity (Wildman–Crippen MR) is 77.8 cm³/mol. The van der Waals surface area contributed by atoms with Gasteiger partial charge in [-0.15, -0.1) is 0 Å². The molecule has 0 saturated carbocycles. The van der Waals surface area contributed by atoms with Crippen molar-refractivity contribution >= 4 is 32.9 Å². The Morgan fingerprint density at radius 3 is 2.58 bits per heavy atom. The van der Waals surface area contributed by atoms with Gasteiger partial charge in [0.1, 0.15) is 11.4 Å². The zero-order valence-electron chi connectivity index (χ0n) is 11.4. The van der Waals surface area contributed by atoms with E-state index in [-0.39, 0.29) is 0 Å². The van der Waals surface area contributed by atoms with Crippen LogP contribution in [-0.2, 0) is 4.74 Å². The van der Waals surface area contributed by atoms with Gasteiger partial charge in [0.25, 0.3) is 0 Å². The van der Waals surface area contributed by atoms with Crippen LogP contribution in [0.5, 0.6) is 5.75 Å². The lowest BCUT2D eigenvalue weighted by atomic mass is 10.2. The topological polar surface area (TPSA) is 40.5 Å². The Labute approximate surface area is 120 Å². The molecule has 0 aliphatic heterocycles. The maximum absolute atomic E-state index is 12.1. The first-order chi connectivity index (χ1) is 8.81. The highest BCUT2D eigenvalue weighted by atomic mass is 79.9. The Kier molecular flexibility index (Phi) is 3.58. The Balaban J connectivity index is 2.48. The van der Waals surface area contributed by atoms with E-state index in [2.05, 4.69) is 15.9 Å². The molecular formula is C14H16BrNO3. The summed E-state index contributed by atoms with van der Waals surface area (Å²) in [6.45, 7) is 5.53. The third-order valence-corrected chi connectivity index (χ3v) is 3.19. The van der Waals surface area contributed by atoms with E-state index < -0.39 is 11.7 Å². The van der Waals surface area contributed by atoms with Crippen molar-refractivity contribution < 1.29 is 14.3 Å². The van der Waals surface area contributed by atoms with Crippen molar-refractivity contribution in [3.8, 4) is 5.75 Å². The minimum Gasteiger partial charge on any atom is -0.497 e. The Morgan fingerprint density at radius 2 is 2.00 bits per heavy atom. The van der Waals surface area contributed by atoms with E-state index in [9.17, 15) is 4.79 Å². The largest absolute Gasteiger partial charge is 0.497 e. The van der Waals surface area contributed by atoms with Gasteiger partial charge >= 0.3 is 6.09 Å².